The Morgan fingerprint density at radius 1 is 1.33 bits per heavy atom. The first kappa shape index (κ1) is 9.87. The molecule has 1 radical (unpaired) electrons. The number of alkyl halides is 3. The molecule has 0 N–H and O–H groups in total. The zero-order valence-electron chi connectivity index (χ0n) is 7.41. The predicted octanol–water partition coefficient (Wildman–Crippen LogP) is 3.58. The van der Waals surface area contributed by atoms with Crippen LogP contribution in [0.3, 0.4) is 0 Å². The third kappa shape index (κ3) is 2.39. The molecule has 1 atom stereocenters. The number of halogens is 3. The minimum absolute atomic E-state index is 0.00174. The summed E-state index contributed by atoms with van der Waals surface area (Å²) in [5.41, 5.74) is 0.00174. The molecule has 0 aromatic heterocycles. The van der Waals surface area contributed by atoms with Crippen molar-refractivity contribution in [1.29, 1.82) is 0 Å². The van der Waals surface area contributed by atoms with E-state index < -0.39 is 12.1 Å². The van der Waals surface area contributed by atoms with Crippen molar-refractivity contribution in [3.05, 3.63) is 6.42 Å². The summed E-state index contributed by atoms with van der Waals surface area (Å²) in [5, 5.41) is 0. The van der Waals surface area contributed by atoms with E-state index in [9.17, 15) is 13.2 Å². The van der Waals surface area contributed by atoms with Crippen molar-refractivity contribution in [3.8, 4) is 0 Å². The minimum Gasteiger partial charge on any atom is -0.171 e. The fourth-order valence-corrected chi connectivity index (χ4v) is 1.52. The van der Waals surface area contributed by atoms with Crippen LogP contribution in [0.4, 0.5) is 13.2 Å². The topological polar surface area (TPSA) is 0 Å². The Hall–Kier alpha value is -0.210. The van der Waals surface area contributed by atoms with Gasteiger partial charge < -0.3 is 0 Å². The van der Waals surface area contributed by atoms with Crippen LogP contribution in [0.2, 0.25) is 0 Å². The largest absolute Gasteiger partial charge is 0.391 e. The molecule has 1 aliphatic carbocycles. The Kier molecular flexibility index (Phi) is 2.41. The smallest absolute Gasteiger partial charge is 0.171 e. The second-order valence-electron chi connectivity index (χ2n) is 4.21. The maximum Gasteiger partial charge on any atom is 0.391 e. The average Bonchev–Trinajstić information content (AvgIpc) is 1.83. The van der Waals surface area contributed by atoms with E-state index in [0.29, 0.717) is 6.42 Å². The zero-order chi connectivity index (χ0) is 9.41. The molecule has 1 saturated carbocycles. The highest BCUT2D eigenvalue weighted by Gasteiger charge is 2.42. The van der Waals surface area contributed by atoms with E-state index >= 15 is 0 Å². The van der Waals surface area contributed by atoms with E-state index in [1.54, 1.807) is 6.42 Å². The second kappa shape index (κ2) is 2.93. The molecule has 0 aromatic rings. The SMILES string of the molecule is CC1(C)[CH]CC(C(F)(F)F)CC1. The van der Waals surface area contributed by atoms with Gasteiger partial charge in [0.15, 0.2) is 0 Å². The van der Waals surface area contributed by atoms with Crippen molar-refractivity contribution in [2.24, 2.45) is 11.3 Å². The van der Waals surface area contributed by atoms with Gasteiger partial charge in [-0.25, -0.2) is 0 Å². The molecule has 1 fully saturated rings. The molecule has 0 aliphatic heterocycles. The quantitative estimate of drug-likeness (QED) is 0.533. The second-order valence-corrected chi connectivity index (χ2v) is 4.21. The van der Waals surface area contributed by atoms with Crippen molar-refractivity contribution in [3.63, 3.8) is 0 Å². The van der Waals surface area contributed by atoms with Crippen LogP contribution in [0.5, 0.6) is 0 Å². The van der Waals surface area contributed by atoms with Crippen LogP contribution in [0, 0.1) is 17.8 Å². The highest BCUT2D eigenvalue weighted by Crippen LogP contribution is 2.43. The molecule has 3 heteroatoms. The molecule has 0 amide bonds. The van der Waals surface area contributed by atoms with Crippen LogP contribution in [0.15, 0.2) is 0 Å². The molecule has 0 saturated heterocycles. The summed E-state index contributed by atoms with van der Waals surface area (Å²) in [4.78, 5) is 0. The van der Waals surface area contributed by atoms with Gasteiger partial charge in [0, 0.05) is 0 Å². The molecule has 12 heavy (non-hydrogen) atoms. The molecule has 0 nitrogen and oxygen atoms in total. The van der Waals surface area contributed by atoms with Crippen molar-refractivity contribution in [2.45, 2.75) is 39.3 Å². The molecule has 0 heterocycles. The van der Waals surface area contributed by atoms with E-state index in [0.717, 1.165) is 0 Å². The van der Waals surface area contributed by atoms with Gasteiger partial charge in [0.2, 0.25) is 0 Å². The number of hydrogen-bond acceptors (Lipinski definition) is 0. The molecule has 71 valence electrons. The molecule has 1 unspecified atom stereocenters. The minimum atomic E-state index is -3.99. The van der Waals surface area contributed by atoms with Gasteiger partial charge >= 0.3 is 6.18 Å². The Morgan fingerprint density at radius 2 is 1.92 bits per heavy atom. The molecule has 0 aromatic carbocycles. The Labute approximate surface area is 71.1 Å². The van der Waals surface area contributed by atoms with Crippen LogP contribution >= 0.6 is 0 Å². The van der Waals surface area contributed by atoms with Gasteiger partial charge in [-0.15, -0.1) is 0 Å². The lowest BCUT2D eigenvalue weighted by atomic mass is 9.73. The van der Waals surface area contributed by atoms with Crippen molar-refractivity contribution in [1.82, 2.24) is 0 Å². The highest BCUT2D eigenvalue weighted by molar-refractivity contribution is 4.93. The summed E-state index contributed by atoms with van der Waals surface area (Å²) in [7, 11) is 0. The molecule has 1 aliphatic rings. The van der Waals surface area contributed by atoms with E-state index in [2.05, 4.69) is 0 Å². The first-order valence-electron chi connectivity index (χ1n) is 4.22. The van der Waals surface area contributed by atoms with E-state index in [-0.39, 0.29) is 18.3 Å². The number of rotatable bonds is 0. The summed E-state index contributed by atoms with van der Waals surface area (Å²) in [6.07, 6.45) is -1.07. The van der Waals surface area contributed by atoms with E-state index in [1.165, 1.54) is 0 Å². The fraction of sp³-hybridized carbons (Fsp3) is 0.889. The lowest BCUT2D eigenvalue weighted by molar-refractivity contribution is -0.181. The summed E-state index contributed by atoms with van der Waals surface area (Å²) in [6.45, 7) is 3.97. The zero-order valence-corrected chi connectivity index (χ0v) is 7.41. The van der Waals surface area contributed by atoms with Crippen molar-refractivity contribution < 1.29 is 13.2 Å². The summed E-state index contributed by atoms with van der Waals surface area (Å²) in [6, 6.07) is 0. The molecule has 0 spiro atoms. The number of hydrogen-bond donors (Lipinski definition) is 0. The first-order chi connectivity index (χ1) is 5.31. The Morgan fingerprint density at radius 3 is 2.25 bits per heavy atom. The summed E-state index contributed by atoms with van der Waals surface area (Å²) >= 11 is 0. The predicted molar refractivity (Wildman–Crippen MR) is 41.5 cm³/mol. The molecular weight excluding hydrogens is 165 g/mol. The lowest BCUT2D eigenvalue weighted by Gasteiger charge is -2.34. The van der Waals surface area contributed by atoms with Crippen molar-refractivity contribution >= 4 is 0 Å². The Balaban J connectivity index is 2.47. The van der Waals surface area contributed by atoms with Gasteiger partial charge in [-0.2, -0.15) is 13.2 Å². The lowest BCUT2D eigenvalue weighted by Crippen LogP contribution is -2.31. The van der Waals surface area contributed by atoms with Gasteiger partial charge in [-0.05, 0) is 31.1 Å². The van der Waals surface area contributed by atoms with E-state index in [1.807, 2.05) is 13.8 Å². The highest BCUT2D eigenvalue weighted by atomic mass is 19.4. The molecule has 0 bridgehead atoms. The third-order valence-electron chi connectivity index (χ3n) is 2.56. The normalized spacial score (nSPS) is 25.8. The maximum atomic E-state index is 12.2. The molecule has 1 rings (SSSR count). The standard InChI is InChI=1S/C9H14F3/c1-8(2)5-3-7(4-6-8)9(10,11)12/h5,7H,3-4,6H2,1-2H3. The van der Waals surface area contributed by atoms with Gasteiger partial charge in [-0.1, -0.05) is 13.8 Å². The van der Waals surface area contributed by atoms with Crippen LogP contribution < -0.4 is 0 Å². The Bertz CT molecular complexity index is 148. The van der Waals surface area contributed by atoms with Gasteiger partial charge in [0.1, 0.15) is 0 Å². The summed E-state index contributed by atoms with van der Waals surface area (Å²) in [5.74, 6) is -1.09. The van der Waals surface area contributed by atoms with Crippen LogP contribution in [-0.2, 0) is 0 Å². The fourth-order valence-electron chi connectivity index (χ4n) is 1.52. The average molecular weight is 179 g/mol. The van der Waals surface area contributed by atoms with Gasteiger partial charge in [0.05, 0.1) is 5.92 Å². The maximum absolute atomic E-state index is 12.2. The molecular formula is C9H14F3. The third-order valence-corrected chi connectivity index (χ3v) is 2.56. The van der Waals surface area contributed by atoms with Crippen LogP contribution in [0.1, 0.15) is 33.1 Å². The summed E-state index contributed by atoms with van der Waals surface area (Å²) < 4.78 is 36.5. The monoisotopic (exact) mass is 179 g/mol. The van der Waals surface area contributed by atoms with Crippen LogP contribution in [-0.4, -0.2) is 6.18 Å². The van der Waals surface area contributed by atoms with E-state index in [4.69, 9.17) is 0 Å². The van der Waals surface area contributed by atoms with Crippen molar-refractivity contribution in [2.75, 3.05) is 0 Å². The van der Waals surface area contributed by atoms with Crippen LogP contribution in [0.25, 0.3) is 0 Å². The van der Waals surface area contributed by atoms with Gasteiger partial charge in [-0.3, -0.25) is 0 Å². The first-order valence-corrected chi connectivity index (χ1v) is 4.22. The van der Waals surface area contributed by atoms with Gasteiger partial charge in [0.25, 0.3) is 0 Å².